The largest absolute Gasteiger partial charge is 0.328 e. The van der Waals surface area contributed by atoms with Crippen molar-refractivity contribution in [2.45, 2.75) is 49.5 Å². The summed E-state index contributed by atoms with van der Waals surface area (Å²) in [6.45, 7) is 0.00755. The topological polar surface area (TPSA) is 99.7 Å². The summed E-state index contributed by atoms with van der Waals surface area (Å²) in [5.41, 5.74) is 0. The predicted molar refractivity (Wildman–Crippen MR) is 138 cm³/mol. The normalized spacial score (nSPS) is 19.2. The number of nitrogens with one attached hydrogen (secondary N) is 1. The molecule has 2 aliphatic rings. The zero-order valence-corrected chi connectivity index (χ0v) is 23.3. The van der Waals surface area contributed by atoms with Gasteiger partial charge in [-0.15, -0.1) is 11.3 Å². The Morgan fingerprint density at radius 3 is 2.59 bits per heavy atom. The molecule has 8 nitrogen and oxygen atoms in total. The third-order valence-corrected chi connectivity index (χ3v) is 10.8. The van der Waals surface area contributed by atoms with Crippen LogP contribution in [0.25, 0.3) is 0 Å². The molecule has 4 rings (SSSR count). The third kappa shape index (κ3) is 5.89. The molecule has 34 heavy (non-hydrogen) atoms. The zero-order valence-electron chi connectivity index (χ0n) is 18.5. The molecule has 1 aliphatic carbocycles. The molecule has 2 amide bonds. The fourth-order valence-electron chi connectivity index (χ4n) is 4.57. The Morgan fingerprint density at radius 2 is 1.94 bits per heavy atom. The second-order valence-corrected chi connectivity index (χ2v) is 13.1. The number of anilines is 1. The number of hydrogen-bond donors (Lipinski definition) is 1. The maximum Gasteiger partial charge on any atom is 0.248 e. The molecule has 2 aromatic rings. The van der Waals surface area contributed by atoms with Gasteiger partial charge in [-0.25, -0.2) is 13.4 Å². The van der Waals surface area contributed by atoms with Crippen molar-refractivity contribution in [3.05, 3.63) is 38.7 Å². The van der Waals surface area contributed by atoms with Gasteiger partial charge in [-0.3, -0.25) is 9.59 Å². The summed E-state index contributed by atoms with van der Waals surface area (Å²) in [5.74, 6) is -0.251. The lowest BCUT2D eigenvalue weighted by Gasteiger charge is -2.39. The molecule has 1 atom stereocenters. The van der Waals surface area contributed by atoms with Crippen molar-refractivity contribution in [2.75, 3.05) is 25.0 Å². The van der Waals surface area contributed by atoms with Crippen molar-refractivity contribution in [3.63, 3.8) is 0 Å². The van der Waals surface area contributed by atoms with Crippen LogP contribution in [0.4, 0.5) is 5.13 Å². The highest BCUT2D eigenvalue weighted by molar-refractivity contribution is 9.13. The van der Waals surface area contributed by atoms with Crippen LogP contribution in [0.1, 0.15) is 38.5 Å². The van der Waals surface area contributed by atoms with Gasteiger partial charge in [0.15, 0.2) is 5.13 Å². The Kier molecular flexibility index (Phi) is 8.44. The van der Waals surface area contributed by atoms with Crippen LogP contribution in [0.2, 0.25) is 0 Å². The molecule has 0 bridgehead atoms. The second-order valence-electron chi connectivity index (χ2n) is 8.58. The van der Waals surface area contributed by atoms with E-state index in [4.69, 9.17) is 0 Å². The van der Waals surface area contributed by atoms with Crippen LogP contribution in [0.3, 0.4) is 0 Å². The molecule has 1 aromatic carbocycles. The van der Waals surface area contributed by atoms with E-state index >= 15 is 0 Å². The van der Waals surface area contributed by atoms with E-state index < -0.39 is 16.1 Å². The molecular formula is C22H26Br2N4O4S2. The lowest BCUT2D eigenvalue weighted by atomic mass is 9.84. The van der Waals surface area contributed by atoms with Gasteiger partial charge in [0.1, 0.15) is 6.04 Å². The number of hydrogen-bond acceptors (Lipinski definition) is 6. The summed E-state index contributed by atoms with van der Waals surface area (Å²) in [7, 11) is -3.85. The van der Waals surface area contributed by atoms with Crippen LogP contribution in [0.15, 0.2) is 43.6 Å². The van der Waals surface area contributed by atoms with Gasteiger partial charge in [0.05, 0.1) is 11.4 Å². The van der Waals surface area contributed by atoms with Crippen LogP contribution in [-0.4, -0.2) is 60.1 Å². The van der Waals surface area contributed by atoms with E-state index in [1.165, 1.54) is 34.2 Å². The second kappa shape index (κ2) is 11.2. The Morgan fingerprint density at radius 1 is 1.18 bits per heavy atom. The first-order valence-electron chi connectivity index (χ1n) is 11.2. The van der Waals surface area contributed by atoms with Gasteiger partial charge in [-0.1, -0.05) is 32.1 Å². The van der Waals surface area contributed by atoms with Gasteiger partial charge in [-0.2, -0.15) is 4.31 Å². The van der Waals surface area contributed by atoms with Gasteiger partial charge in [0.25, 0.3) is 0 Å². The van der Waals surface area contributed by atoms with Crippen LogP contribution in [0.5, 0.6) is 0 Å². The molecule has 12 heteroatoms. The molecule has 0 unspecified atom stereocenters. The van der Waals surface area contributed by atoms with Crippen LogP contribution in [0, 0.1) is 5.92 Å². The molecule has 2 heterocycles. The minimum absolute atomic E-state index is 0.115. The lowest BCUT2D eigenvalue weighted by molar-refractivity contribution is -0.142. The van der Waals surface area contributed by atoms with Gasteiger partial charge < -0.3 is 10.2 Å². The fourth-order valence-corrected chi connectivity index (χ4v) is 7.29. The smallest absolute Gasteiger partial charge is 0.248 e. The minimum atomic E-state index is -3.85. The van der Waals surface area contributed by atoms with Crippen molar-refractivity contribution in [1.82, 2.24) is 14.2 Å². The summed E-state index contributed by atoms with van der Waals surface area (Å²) in [5, 5.41) is 5.11. The van der Waals surface area contributed by atoms with E-state index in [2.05, 4.69) is 42.2 Å². The number of carbonyl (C=O) groups excluding carboxylic acids is 2. The van der Waals surface area contributed by atoms with Crippen LogP contribution < -0.4 is 5.32 Å². The third-order valence-electron chi connectivity index (χ3n) is 6.37. The van der Waals surface area contributed by atoms with Crippen LogP contribution in [-0.2, 0) is 19.6 Å². The average molecular weight is 634 g/mol. The fraction of sp³-hybridized carbons (Fsp3) is 0.500. The molecule has 1 saturated heterocycles. The highest BCUT2D eigenvalue weighted by Crippen LogP contribution is 2.31. The lowest BCUT2D eigenvalue weighted by Crippen LogP contribution is -2.58. The summed E-state index contributed by atoms with van der Waals surface area (Å²) in [6.07, 6.45) is 7.75. The summed E-state index contributed by atoms with van der Waals surface area (Å²) in [6, 6.07) is 4.03. The van der Waals surface area contributed by atoms with E-state index in [9.17, 15) is 18.0 Å². The van der Waals surface area contributed by atoms with Gasteiger partial charge >= 0.3 is 0 Å². The van der Waals surface area contributed by atoms with Gasteiger partial charge in [0, 0.05) is 33.6 Å². The van der Waals surface area contributed by atoms with E-state index in [-0.39, 0.29) is 36.3 Å². The number of sulfonamides is 1. The van der Waals surface area contributed by atoms with E-state index in [0.717, 1.165) is 30.2 Å². The van der Waals surface area contributed by atoms with Crippen molar-refractivity contribution in [1.29, 1.82) is 0 Å². The first-order chi connectivity index (χ1) is 16.3. The minimum Gasteiger partial charge on any atom is -0.328 e. The molecule has 184 valence electrons. The Balaban J connectivity index is 1.50. The molecule has 2 fully saturated rings. The first kappa shape index (κ1) is 25.7. The summed E-state index contributed by atoms with van der Waals surface area (Å²) in [4.78, 5) is 32.2. The number of halogens is 2. The number of rotatable bonds is 7. The molecular weight excluding hydrogens is 608 g/mol. The quantitative estimate of drug-likeness (QED) is 0.485. The van der Waals surface area contributed by atoms with E-state index in [1.54, 1.807) is 22.5 Å². The highest BCUT2D eigenvalue weighted by Gasteiger charge is 2.39. The molecule has 0 radical (unpaired) electrons. The van der Waals surface area contributed by atoms with Crippen molar-refractivity contribution < 1.29 is 18.0 Å². The van der Waals surface area contributed by atoms with Crippen molar-refractivity contribution in [2.24, 2.45) is 5.92 Å². The maximum absolute atomic E-state index is 13.2. The Bertz CT molecular complexity index is 1140. The standard InChI is InChI=1S/C22H26Br2N4O4S2/c23-17-7-6-16(13-18(17)24)34(31,32)27-9-10-28(20(29)14-27)19(12-15-4-2-1-3-5-15)21(30)26-22-25-8-11-33-22/h6-8,11,13,15,19H,1-5,9-10,12,14H2,(H,25,26,30)/t19-/m0/s1. The van der Waals surface area contributed by atoms with Crippen LogP contribution >= 0.6 is 43.2 Å². The average Bonchev–Trinajstić information content (AvgIpc) is 3.33. The van der Waals surface area contributed by atoms with Crippen molar-refractivity contribution in [3.8, 4) is 0 Å². The predicted octanol–water partition coefficient (Wildman–Crippen LogP) is 4.48. The maximum atomic E-state index is 13.2. The zero-order chi connectivity index (χ0) is 24.3. The van der Waals surface area contributed by atoms with Gasteiger partial charge in [0.2, 0.25) is 21.8 Å². The molecule has 1 saturated carbocycles. The molecule has 1 N–H and O–H groups in total. The van der Waals surface area contributed by atoms with Crippen molar-refractivity contribution >= 4 is 70.2 Å². The molecule has 1 aromatic heterocycles. The SMILES string of the molecule is O=C(Nc1nccs1)[C@H](CC1CCCCC1)N1CCN(S(=O)(=O)c2ccc(Br)c(Br)c2)CC1=O. The molecule has 0 spiro atoms. The summed E-state index contributed by atoms with van der Waals surface area (Å²) >= 11 is 8.00. The number of carbonyl (C=O) groups is 2. The van der Waals surface area contributed by atoms with E-state index in [1.807, 2.05) is 0 Å². The number of amides is 2. The highest BCUT2D eigenvalue weighted by atomic mass is 79.9. The summed E-state index contributed by atoms with van der Waals surface area (Å²) < 4.78 is 28.9. The Hall–Kier alpha value is -1.34. The van der Waals surface area contributed by atoms with Gasteiger partial charge in [-0.05, 0) is 62.4 Å². The Labute approximate surface area is 220 Å². The number of benzene rings is 1. The van der Waals surface area contributed by atoms with E-state index in [0.29, 0.717) is 21.9 Å². The number of piperazine rings is 1. The number of thiazole rings is 1. The number of nitrogens with zero attached hydrogens (tertiary/aromatic N) is 3. The first-order valence-corrected chi connectivity index (χ1v) is 15.1. The monoisotopic (exact) mass is 632 g/mol. The number of aromatic nitrogens is 1. The molecule has 1 aliphatic heterocycles.